The van der Waals surface area contributed by atoms with Gasteiger partial charge in [-0.05, 0) is 36.0 Å². The zero-order valence-electron chi connectivity index (χ0n) is 9.73. The van der Waals surface area contributed by atoms with Crippen molar-refractivity contribution in [1.82, 2.24) is 4.98 Å². The molecule has 0 radical (unpaired) electrons. The zero-order chi connectivity index (χ0) is 11.8. The molecule has 1 aliphatic rings. The van der Waals surface area contributed by atoms with Gasteiger partial charge >= 0.3 is 5.97 Å². The Bertz CT molecular complexity index is 408. The summed E-state index contributed by atoms with van der Waals surface area (Å²) in [5.74, 6) is -0.368. The molecule has 2 rings (SSSR count). The second kappa shape index (κ2) is 3.89. The van der Waals surface area contributed by atoms with Crippen molar-refractivity contribution in [1.29, 1.82) is 0 Å². The molecule has 0 bridgehead atoms. The third kappa shape index (κ3) is 1.51. The molecule has 0 saturated heterocycles. The molecule has 1 aromatic rings. The maximum Gasteiger partial charge on any atom is 0.314 e. The van der Waals surface area contributed by atoms with Crippen LogP contribution in [0.2, 0.25) is 0 Å². The molecule has 1 N–H and O–H groups in total. The molecule has 16 heavy (non-hydrogen) atoms. The van der Waals surface area contributed by atoms with E-state index in [9.17, 15) is 9.90 Å². The first kappa shape index (κ1) is 11.1. The lowest BCUT2D eigenvalue weighted by atomic mass is 9.63. The van der Waals surface area contributed by atoms with Gasteiger partial charge in [-0.2, -0.15) is 0 Å². The second-order valence-corrected chi connectivity index (χ2v) is 4.86. The van der Waals surface area contributed by atoms with Gasteiger partial charge in [0.25, 0.3) is 0 Å². The number of aliphatic carboxylic acids is 1. The van der Waals surface area contributed by atoms with Crippen molar-refractivity contribution < 1.29 is 9.90 Å². The van der Waals surface area contributed by atoms with Gasteiger partial charge in [-0.15, -0.1) is 0 Å². The fourth-order valence-corrected chi connectivity index (χ4v) is 2.43. The van der Waals surface area contributed by atoms with Gasteiger partial charge in [0.2, 0.25) is 0 Å². The van der Waals surface area contributed by atoms with Gasteiger partial charge in [0.1, 0.15) is 0 Å². The molecule has 1 saturated carbocycles. The Labute approximate surface area is 95.5 Å². The Morgan fingerprint density at radius 3 is 2.62 bits per heavy atom. The van der Waals surface area contributed by atoms with E-state index in [0.29, 0.717) is 5.92 Å². The van der Waals surface area contributed by atoms with Crippen molar-refractivity contribution >= 4 is 5.97 Å². The first-order valence-electron chi connectivity index (χ1n) is 5.76. The predicted molar refractivity (Wildman–Crippen MR) is 61.5 cm³/mol. The van der Waals surface area contributed by atoms with E-state index in [1.165, 1.54) is 0 Å². The van der Waals surface area contributed by atoms with E-state index in [-0.39, 0.29) is 0 Å². The number of hydrogen-bond acceptors (Lipinski definition) is 2. The van der Waals surface area contributed by atoms with E-state index >= 15 is 0 Å². The van der Waals surface area contributed by atoms with Gasteiger partial charge in [0, 0.05) is 12.4 Å². The number of rotatable bonds is 3. The largest absolute Gasteiger partial charge is 0.481 e. The molecular formula is C13H17NO2. The van der Waals surface area contributed by atoms with Crippen LogP contribution in [0.25, 0.3) is 0 Å². The number of carboxylic acid groups (broad SMARTS) is 1. The van der Waals surface area contributed by atoms with Gasteiger partial charge in [-0.1, -0.05) is 20.3 Å². The van der Waals surface area contributed by atoms with Crippen molar-refractivity contribution in [3.8, 4) is 0 Å². The molecule has 0 aliphatic heterocycles. The number of carboxylic acids is 1. The summed E-state index contributed by atoms with van der Waals surface area (Å²) in [7, 11) is 0. The van der Waals surface area contributed by atoms with Crippen LogP contribution in [-0.2, 0) is 10.2 Å². The van der Waals surface area contributed by atoms with Crippen LogP contribution in [0.3, 0.4) is 0 Å². The lowest BCUT2D eigenvalue weighted by Crippen LogP contribution is -2.43. The third-order valence-electron chi connectivity index (χ3n) is 3.61. The summed E-state index contributed by atoms with van der Waals surface area (Å²) in [6, 6.07) is 1.88. The molecule has 1 heterocycles. The molecule has 1 fully saturated rings. The van der Waals surface area contributed by atoms with Crippen LogP contribution in [0.4, 0.5) is 0 Å². The molecule has 86 valence electrons. The SMILES string of the molecule is CC(C)c1cnccc1C1(C(=O)O)CCC1. The van der Waals surface area contributed by atoms with E-state index in [4.69, 9.17) is 0 Å². The molecule has 0 spiro atoms. The fraction of sp³-hybridized carbons (Fsp3) is 0.538. The molecule has 0 amide bonds. The van der Waals surface area contributed by atoms with Crippen molar-refractivity contribution in [3.05, 3.63) is 29.6 Å². The Morgan fingerprint density at radius 2 is 2.19 bits per heavy atom. The lowest BCUT2D eigenvalue weighted by Gasteiger charge is -2.39. The average Bonchev–Trinajstić information content (AvgIpc) is 2.15. The average molecular weight is 219 g/mol. The maximum absolute atomic E-state index is 11.5. The summed E-state index contributed by atoms with van der Waals surface area (Å²) in [4.78, 5) is 15.6. The molecule has 0 aromatic carbocycles. The normalized spacial score (nSPS) is 18.2. The summed E-state index contributed by atoms with van der Waals surface area (Å²) < 4.78 is 0. The van der Waals surface area contributed by atoms with Crippen molar-refractivity contribution in [3.63, 3.8) is 0 Å². The molecule has 1 aromatic heterocycles. The van der Waals surface area contributed by atoms with Crippen LogP contribution in [0.1, 0.15) is 50.2 Å². The highest BCUT2D eigenvalue weighted by atomic mass is 16.4. The number of hydrogen-bond donors (Lipinski definition) is 1. The quantitative estimate of drug-likeness (QED) is 0.850. The van der Waals surface area contributed by atoms with Gasteiger partial charge in [0.15, 0.2) is 0 Å². The predicted octanol–water partition coefficient (Wildman–Crippen LogP) is 2.71. The number of carbonyl (C=O) groups is 1. The number of pyridine rings is 1. The highest BCUT2D eigenvalue weighted by Crippen LogP contribution is 2.46. The molecule has 3 nitrogen and oxygen atoms in total. The fourth-order valence-electron chi connectivity index (χ4n) is 2.43. The summed E-state index contributed by atoms with van der Waals surface area (Å²) in [6.07, 6.45) is 6.03. The number of aromatic nitrogens is 1. The minimum Gasteiger partial charge on any atom is -0.481 e. The molecular weight excluding hydrogens is 202 g/mol. The summed E-state index contributed by atoms with van der Waals surface area (Å²) in [6.45, 7) is 4.16. The summed E-state index contributed by atoms with van der Waals surface area (Å²) in [5.41, 5.74) is 1.41. The lowest BCUT2D eigenvalue weighted by molar-refractivity contribution is -0.147. The van der Waals surface area contributed by atoms with Crippen LogP contribution in [-0.4, -0.2) is 16.1 Å². The van der Waals surface area contributed by atoms with Crippen molar-refractivity contribution in [2.24, 2.45) is 0 Å². The van der Waals surface area contributed by atoms with Crippen molar-refractivity contribution in [2.45, 2.75) is 44.4 Å². The minimum absolute atomic E-state index is 0.320. The van der Waals surface area contributed by atoms with Gasteiger partial charge < -0.3 is 5.11 Å². The van der Waals surface area contributed by atoms with E-state index in [2.05, 4.69) is 18.8 Å². The Balaban J connectivity index is 2.50. The van der Waals surface area contributed by atoms with Gasteiger partial charge in [-0.25, -0.2) is 0 Å². The number of nitrogens with zero attached hydrogens (tertiary/aromatic N) is 1. The summed E-state index contributed by atoms with van der Waals surface area (Å²) >= 11 is 0. The Kier molecular flexibility index (Phi) is 2.70. The zero-order valence-corrected chi connectivity index (χ0v) is 9.73. The Hall–Kier alpha value is -1.38. The van der Waals surface area contributed by atoms with E-state index < -0.39 is 11.4 Å². The van der Waals surface area contributed by atoms with Crippen LogP contribution in [0, 0.1) is 0 Å². The monoisotopic (exact) mass is 219 g/mol. The van der Waals surface area contributed by atoms with Crippen LogP contribution in [0.5, 0.6) is 0 Å². The first-order valence-corrected chi connectivity index (χ1v) is 5.76. The minimum atomic E-state index is -0.688. The second-order valence-electron chi connectivity index (χ2n) is 4.86. The smallest absolute Gasteiger partial charge is 0.314 e. The highest BCUT2D eigenvalue weighted by molar-refractivity contribution is 5.83. The molecule has 3 heteroatoms. The van der Waals surface area contributed by atoms with Crippen molar-refractivity contribution in [2.75, 3.05) is 0 Å². The standard InChI is InChI=1S/C13H17NO2/c1-9(2)10-8-14-7-4-11(10)13(12(15)16)5-3-6-13/h4,7-9H,3,5-6H2,1-2H3,(H,15,16). The first-order chi connectivity index (χ1) is 7.58. The van der Waals surface area contributed by atoms with Gasteiger partial charge in [-0.3, -0.25) is 9.78 Å². The van der Waals surface area contributed by atoms with E-state index in [0.717, 1.165) is 30.4 Å². The van der Waals surface area contributed by atoms with Crippen LogP contribution < -0.4 is 0 Å². The molecule has 1 aliphatic carbocycles. The highest BCUT2D eigenvalue weighted by Gasteiger charge is 2.47. The summed E-state index contributed by atoms with van der Waals surface area (Å²) in [5, 5.41) is 9.42. The van der Waals surface area contributed by atoms with E-state index in [1.54, 1.807) is 6.20 Å². The van der Waals surface area contributed by atoms with Crippen LogP contribution >= 0.6 is 0 Å². The molecule has 0 atom stereocenters. The third-order valence-corrected chi connectivity index (χ3v) is 3.61. The van der Waals surface area contributed by atoms with Crippen LogP contribution in [0.15, 0.2) is 18.5 Å². The van der Waals surface area contributed by atoms with Gasteiger partial charge in [0.05, 0.1) is 5.41 Å². The van der Waals surface area contributed by atoms with E-state index in [1.807, 2.05) is 12.3 Å². The Morgan fingerprint density at radius 1 is 1.50 bits per heavy atom. The molecule has 0 unspecified atom stereocenters. The topological polar surface area (TPSA) is 50.2 Å². The maximum atomic E-state index is 11.5.